The van der Waals surface area contributed by atoms with Gasteiger partial charge in [0.1, 0.15) is 5.69 Å². The summed E-state index contributed by atoms with van der Waals surface area (Å²) < 4.78 is 0.577. The molecule has 2 heterocycles. The van der Waals surface area contributed by atoms with E-state index in [0.29, 0.717) is 14.9 Å². The first-order valence-corrected chi connectivity index (χ1v) is 5.38. The molecule has 2 aromatic heterocycles. The molecular weight excluding hydrogens is 232 g/mol. The molecule has 0 saturated carbocycles. The summed E-state index contributed by atoms with van der Waals surface area (Å²) in [5, 5.41) is 0. The summed E-state index contributed by atoms with van der Waals surface area (Å²) in [6.07, 6.45) is 1.54. The number of rotatable bonds is 2. The van der Waals surface area contributed by atoms with Crippen LogP contribution in [0.15, 0.2) is 30.5 Å². The van der Waals surface area contributed by atoms with Crippen LogP contribution in [0.2, 0.25) is 4.34 Å². The Labute approximate surface area is 95.5 Å². The first-order valence-electron chi connectivity index (χ1n) is 4.19. The third-order valence-corrected chi connectivity index (χ3v) is 3.08. The Kier molecular flexibility index (Phi) is 2.70. The molecular formula is C10H7ClN2OS. The van der Waals surface area contributed by atoms with Crippen molar-refractivity contribution in [1.82, 2.24) is 4.98 Å². The predicted octanol–water partition coefficient (Wildman–Crippen LogP) is 2.61. The number of thiophene rings is 1. The molecule has 0 aliphatic carbocycles. The third-order valence-electron chi connectivity index (χ3n) is 1.85. The summed E-state index contributed by atoms with van der Waals surface area (Å²) in [5.41, 5.74) is 6.31. The summed E-state index contributed by atoms with van der Waals surface area (Å²) in [5.74, 6) is -0.190. The molecule has 76 valence electrons. The van der Waals surface area contributed by atoms with Gasteiger partial charge >= 0.3 is 0 Å². The van der Waals surface area contributed by atoms with Crippen LogP contribution in [0.1, 0.15) is 15.4 Å². The Morgan fingerprint density at radius 3 is 2.80 bits per heavy atom. The fourth-order valence-electron chi connectivity index (χ4n) is 1.16. The quantitative estimate of drug-likeness (QED) is 0.819. The van der Waals surface area contributed by atoms with Gasteiger partial charge < -0.3 is 5.73 Å². The Morgan fingerprint density at radius 1 is 1.40 bits per heavy atom. The normalized spacial score (nSPS) is 10.2. The molecule has 0 saturated heterocycles. The highest BCUT2D eigenvalue weighted by Crippen LogP contribution is 2.24. The summed E-state index contributed by atoms with van der Waals surface area (Å²) in [6, 6.07) is 6.69. The average Bonchev–Trinajstić information content (AvgIpc) is 2.65. The molecule has 0 bridgehead atoms. The number of carbonyl (C=O) groups is 1. The Balaban J connectivity index is 2.41. The molecule has 0 unspecified atom stereocenters. The van der Waals surface area contributed by atoms with E-state index in [4.69, 9.17) is 17.3 Å². The molecule has 15 heavy (non-hydrogen) atoms. The number of anilines is 1. The van der Waals surface area contributed by atoms with Gasteiger partial charge in [0.15, 0.2) is 0 Å². The highest BCUT2D eigenvalue weighted by atomic mass is 35.5. The van der Waals surface area contributed by atoms with Crippen LogP contribution < -0.4 is 5.73 Å². The smallest absolute Gasteiger partial charge is 0.223 e. The van der Waals surface area contributed by atoms with Gasteiger partial charge in [0.2, 0.25) is 5.78 Å². The molecule has 0 atom stereocenters. The van der Waals surface area contributed by atoms with Crippen molar-refractivity contribution in [3.8, 4) is 0 Å². The van der Waals surface area contributed by atoms with E-state index in [9.17, 15) is 4.79 Å². The summed E-state index contributed by atoms with van der Waals surface area (Å²) in [6.45, 7) is 0. The van der Waals surface area contributed by atoms with E-state index in [-0.39, 0.29) is 11.5 Å². The van der Waals surface area contributed by atoms with Gasteiger partial charge in [0.05, 0.1) is 14.9 Å². The van der Waals surface area contributed by atoms with Crippen molar-refractivity contribution in [2.75, 3.05) is 5.73 Å². The molecule has 0 amide bonds. The second-order valence-electron chi connectivity index (χ2n) is 2.87. The minimum atomic E-state index is -0.190. The molecule has 0 spiro atoms. The van der Waals surface area contributed by atoms with Crippen LogP contribution in [0, 0.1) is 0 Å². The molecule has 0 aromatic carbocycles. The zero-order chi connectivity index (χ0) is 10.8. The fourth-order valence-corrected chi connectivity index (χ4v) is 2.14. The minimum Gasteiger partial charge on any atom is -0.397 e. The third kappa shape index (κ3) is 2.00. The van der Waals surface area contributed by atoms with Gasteiger partial charge in [0.25, 0.3) is 0 Å². The van der Waals surface area contributed by atoms with Crippen LogP contribution in [0.3, 0.4) is 0 Å². The lowest BCUT2D eigenvalue weighted by molar-refractivity contribution is 0.103. The van der Waals surface area contributed by atoms with Gasteiger partial charge in [-0.25, -0.2) is 0 Å². The molecule has 2 rings (SSSR count). The van der Waals surface area contributed by atoms with E-state index in [1.807, 2.05) is 0 Å². The lowest BCUT2D eigenvalue weighted by Gasteiger charge is -2.00. The molecule has 3 nitrogen and oxygen atoms in total. The van der Waals surface area contributed by atoms with Crippen molar-refractivity contribution in [2.24, 2.45) is 0 Å². The molecule has 2 N–H and O–H groups in total. The topological polar surface area (TPSA) is 56.0 Å². The molecule has 0 aliphatic heterocycles. The average molecular weight is 239 g/mol. The molecule has 5 heteroatoms. The standard InChI is InChI=1S/C10H7ClN2OS/c11-8-4-3-7(15-8)10(14)9-6(12)2-1-5-13-9/h1-5H,12H2. The maximum absolute atomic E-state index is 11.9. The van der Waals surface area contributed by atoms with E-state index >= 15 is 0 Å². The van der Waals surface area contributed by atoms with Crippen LogP contribution in [0.5, 0.6) is 0 Å². The van der Waals surface area contributed by atoms with Crippen LogP contribution in [-0.4, -0.2) is 10.8 Å². The first-order chi connectivity index (χ1) is 7.18. The van der Waals surface area contributed by atoms with Gasteiger partial charge in [-0.05, 0) is 24.3 Å². The van der Waals surface area contributed by atoms with E-state index < -0.39 is 0 Å². The monoisotopic (exact) mass is 238 g/mol. The van der Waals surface area contributed by atoms with Gasteiger partial charge in [-0.1, -0.05) is 11.6 Å². The molecule has 0 radical (unpaired) electrons. The van der Waals surface area contributed by atoms with Gasteiger partial charge in [-0.2, -0.15) is 0 Å². The number of nitrogens with two attached hydrogens (primary N) is 1. The molecule has 0 fully saturated rings. The predicted molar refractivity (Wildman–Crippen MR) is 61.4 cm³/mol. The first kappa shape index (κ1) is 10.1. The maximum Gasteiger partial charge on any atom is 0.223 e. The van der Waals surface area contributed by atoms with Crippen molar-refractivity contribution in [3.05, 3.63) is 45.4 Å². The van der Waals surface area contributed by atoms with Gasteiger partial charge in [0, 0.05) is 6.20 Å². The minimum absolute atomic E-state index is 0.190. The molecule has 2 aromatic rings. The highest BCUT2D eigenvalue weighted by molar-refractivity contribution is 7.18. The number of nitrogen functional groups attached to an aromatic ring is 1. The number of hydrogen-bond donors (Lipinski definition) is 1. The largest absolute Gasteiger partial charge is 0.397 e. The van der Waals surface area contributed by atoms with E-state index in [1.54, 1.807) is 30.5 Å². The van der Waals surface area contributed by atoms with Crippen LogP contribution in [0.4, 0.5) is 5.69 Å². The Morgan fingerprint density at radius 2 is 2.20 bits per heavy atom. The molecule has 0 aliphatic rings. The number of carbonyl (C=O) groups excluding carboxylic acids is 1. The van der Waals surface area contributed by atoms with E-state index in [2.05, 4.69) is 4.98 Å². The maximum atomic E-state index is 11.9. The number of nitrogens with zero attached hydrogens (tertiary/aromatic N) is 1. The van der Waals surface area contributed by atoms with E-state index in [0.717, 1.165) is 0 Å². The number of aromatic nitrogens is 1. The Bertz CT molecular complexity index is 510. The van der Waals surface area contributed by atoms with Crippen molar-refractivity contribution in [1.29, 1.82) is 0 Å². The van der Waals surface area contributed by atoms with Crippen LogP contribution in [-0.2, 0) is 0 Å². The second kappa shape index (κ2) is 4.00. The number of ketones is 1. The highest BCUT2D eigenvalue weighted by Gasteiger charge is 2.15. The van der Waals surface area contributed by atoms with Gasteiger partial charge in [-0.15, -0.1) is 11.3 Å². The Hall–Kier alpha value is -1.39. The fraction of sp³-hybridized carbons (Fsp3) is 0. The summed E-state index contributed by atoms with van der Waals surface area (Å²) in [4.78, 5) is 16.4. The zero-order valence-corrected chi connectivity index (χ0v) is 9.18. The zero-order valence-electron chi connectivity index (χ0n) is 7.61. The lowest BCUT2D eigenvalue weighted by Crippen LogP contribution is -2.05. The number of pyridine rings is 1. The van der Waals surface area contributed by atoms with Gasteiger partial charge in [-0.3, -0.25) is 9.78 Å². The number of halogens is 1. The van der Waals surface area contributed by atoms with Crippen molar-refractivity contribution >= 4 is 34.4 Å². The van der Waals surface area contributed by atoms with Crippen LogP contribution >= 0.6 is 22.9 Å². The van der Waals surface area contributed by atoms with Crippen LogP contribution in [0.25, 0.3) is 0 Å². The van der Waals surface area contributed by atoms with Crippen molar-refractivity contribution in [3.63, 3.8) is 0 Å². The lowest BCUT2D eigenvalue weighted by atomic mass is 10.2. The van der Waals surface area contributed by atoms with Crippen molar-refractivity contribution in [2.45, 2.75) is 0 Å². The summed E-state index contributed by atoms with van der Waals surface area (Å²) in [7, 11) is 0. The number of hydrogen-bond acceptors (Lipinski definition) is 4. The SMILES string of the molecule is Nc1cccnc1C(=O)c1ccc(Cl)s1. The second-order valence-corrected chi connectivity index (χ2v) is 4.59. The van der Waals surface area contributed by atoms with E-state index in [1.165, 1.54) is 11.3 Å². The van der Waals surface area contributed by atoms with Crippen molar-refractivity contribution < 1.29 is 4.79 Å². The summed E-state index contributed by atoms with van der Waals surface area (Å²) >= 11 is 6.97.